The smallest absolute Gasteiger partial charge is 0.323 e. The third-order valence-corrected chi connectivity index (χ3v) is 1.24. The Hall–Kier alpha value is -0.690. The molecular formula is C5H13N3O3. The first-order valence-corrected chi connectivity index (χ1v) is 3.21. The van der Waals surface area contributed by atoms with Gasteiger partial charge in [-0.25, -0.2) is 0 Å². The molecule has 0 bridgehead atoms. The average molecular weight is 163 g/mol. The summed E-state index contributed by atoms with van der Waals surface area (Å²) in [6, 6.07) is -0.982. The molecule has 6 heteroatoms. The maximum absolute atomic E-state index is 10.2. The second kappa shape index (κ2) is 5.03. The molecule has 11 heavy (non-hydrogen) atoms. The molecule has 0 amide bonds. The van der Waals surface area contributed by atoms with Gasteiger partial charge in [-0.3, -0.25) is 4.79 Å². The molecule has 6 nitrogen and oxygen atoms in total. The monoisotopic (exact) mass is 163 g/mol. The molecular weight excluding hydrogens is 150 g/mol. The Morgan fingerprint density at radius 2 is 2.00 bits per heavy atom. The van der Waals surface area contributed by atoms with Gasteiger partial charge in [0.2, 0.25) is 0 Å². The largest absolute Gasteiger partial charge is 0.480 e. The molecule has 0 rings (SSSR count). The van der Waals surface area contributed by atoms with Crippen molar-refractivity contribution < 1.29 is 15.1 Å². The van der Waals surface area contributed by atoms with Crippen LogP contribution >= 0.6 is 0 Å². The van der Waals surface area contributed by atoms with Crippen molar-refractivity contribution in [2.45, 2.75) is 25.0 Å². The summed E-state index contributed by atoms with van der Waals surface area (Å²) < 4.78 is 0. The third-order valence-electron chi connectivity index (χ3n) is 1.24. The van der Waals surface area contributed by atoms with Crippen molar-refractivity contribution in [1.29, 1.82) is 0 Å². The maximum atomic E-state index is 10.2. The highest BCUT2D eigenvalue weighted by molar-refractivity contribution is 5.73. The van der Waals surface area contributed by atoms with Crippen molar-refractivity contribution in [1.82, 2.24) is 5.48 Å². The zero-order valence-corrected chi connectivity index (χ0v) is 6.03. The number of hydrogen-bond donors (Lipinski definition) is 5. The minimum Gasteiger partial charge on any atom is -0.480 e. The highest BCUT2D eigenvalue weighted by Crippen LogP contribution is 1.96. The Labute approximate surface area is 64.1 Å². The van der Waals surface area contributed by atoms with Crippen molar-refractivity contribution >= 4 is 5.97 Å². The van der Waals surface area contributed by atoms with Crippen molar-refractivity contribution in [3.05, 3.63) is 0 Å². The van der Waals surface area contributed by atoms with E-state index in [1.54, 1.807) is 5.48 Å². The first-order chi connectivity index (χ1) is 5.07. The van der Waals surface area contributed by atoms with Crippen molar-refractivity contribution in [2.24, 2.45) is 11.5 Å². The van der Waals surface area contributed by atoms with Crippen LogP contribution in [0.2, 0.25) is 0 Å². The molecule has 0 aromatic heterocycles. The van der Waals surface area contributed by atoms with Crippen LogP contribution in [0.5, 0.6) is 0 Å². The number of aliphatic carboxylic acids is 1. The maximum Gasteiger partial charge on any atom is 0.323 e. The first-order valence-electron chi connectivity index (χ1n) is 3.21. The highest BCUT2D eigenvalue weighted by atomic mass is 16.5. The first kappa shape index (κ1) is 10.3. The molecule has 0 fully saturated rings. The zero-order valence-electron chi connectivity index (χ0n) is 6.03. The van der Waals surface area contributed by atoms with Crippen molar-refractivity contribution in [3.8, 4) is 0 Å². The number of nitrogens with one attached hydrogen (secondary N) is 1. The summed E-state index contributed by atoms with van der Waals surface area (Å²) in [5.41, 5.74) is 12.0. The van der Waals surface area contributed by atoms with Crippen LogP contribution in [0.1, 0.15) is 12.8 Å². The van der Waals surface area contributed by atoms with Crippen LogP contribution in [0.25, 0.3) is 0 Å². The standard InChI is InChI=1S/C5H13N3O3/c6-4(7)2-1-3(8-11)5(9)10/h3-4,8,11H,1-2,6-7H2,(H,9,10)/t3-/m0/s1. The minimum absolute atomic E-state index is 0.212. The van der Waals surface area contributed by atoms with Crippen molar-refractivity contribution in [2.75, 3.05) is 0 Å². The molecule has 0 spiro atoms. The average Bonchev–Trinajstić information content (AvgIpc) is 1.87. The number of hydroxylamine groups is 1. The van der Waals surface area contributed by atoms with E-state index in [2.05, 4.69) is 0 Å². The Balaban J connectivity index is 3.61. The number of carboxylic acid groups (broad SMARTS) is 1. The van der Waals surface area contributed by atoms with Gasteiger partial charge in [-0.05, 0) is 12.8 Å². The topological polar surface area (TPSA) is 122 Å². The van der Waals surface area contributed by atoms with E-state index < -0.39 is 18.2 Å². The highest BCUT2D eigenvalue weighted by Gasteiger charge is 2.15. The van der Waals surface area contributed by atoms with Crippen molar-refractivity contribution in [3.63, 3.8) is 0 Å². The van der Waals surface area contributed by atoms with Gasteiger partial charge in [-0.15, -0.1) is 0 Å². The van der Waals surface area contributed by atoms with Crippen LogP contribution in [0.15, 0.2) is 0 Å². The second-order valence-corrected chi connectivity index (χ2v) is 2.26. The Morgan fingerprint density at radius 3 is 2.27 bits per heavy atom. The molecule has 0 aromatic rings. The zero-order chi connectivity index (χ0) is 8.85. The molecule has 66 valence electrons. The van der Waals surface area contributed by atoms with Crippen LogP contribution in [0.4, 0.5) is 0 Å². The van der Waals surface area contributed by atoms with E-state index in [9.17, 15) is 4.79 Å². The van der Waals surface area contributed by atoms with Crippen LogP contribution in [0, 0.1) is 0 Å². The number of carbonyl (C=O) groups is 1. The van der Waals surface area contributed by atoms with Gasteiger partial charge >= 0.3 is 5.97 Å². The summed E-state index contributed by atoms with van der Waals surface area (Å²) in [7, 11) is 0. The predicted octanol–water partition coefficient (Wildman–Crippen LogP) is -1.56. The lowest BCUT2D eigenvalue weighted by Crippen LogP contribution is -2.38. The van der Waals surface area contributed by atoms with Crippen LogP contribution < -0.4 is 16.9 Å². The summed E-state index contributed by atoms with van der Waals surface area (Å²) in [6.45, 7) is 0. The Kier molecular flexibility index (Phi) is 4.71. The van der Waals surface area contributed by atoms with E-state index >= 15 is 0 Å². The van der Waals surface area contributed by atoms with E-state index in [4.69, 9.17) is 21.8 Å². The molecule has 1 atom stereocenters. The lowest BCUT2D eigenvalue weighted by Gasteiger charge is -2.10. The van der Waals surface area contributed by atoms with Gasteiger partial charge in [0.05, 0.1) is 6.17 Å². The van der Waals surface area contributed by atoms with Crippen LogP contribution in [-0.2, 0) is 4.79 Å². The fraction of sp³-hybridized carbons (Fsp3) is 0.800. The fourth-order valence-corrected chi connectivity index (χ4v) is 0.602. The molecule has 0 aromatic carbocycles. The number of rotatable bonds is 5. The number of nitrogens with two attached hydrogens (primary N) is 2. The Morgan fingerprint density at radius 1 is 1.45 bits per heavy atom. The van der Waals surface area contributed by atoms with Gasteiger partial charge in [0.15, 0.2) is 0 Å². The predicted molar refractivity (Wildman–Crippen MR) is 37.7 cm³/mol. The lowest BCUT2D eigenvalue weighted by atomic mass is 10.1. The molecule has 0 radical (unpaired) electrons. The summed E-state index contributed by atoms with van der Waals surface area (Å²) in [6.07, 6.45) is 0.0267. The van der Waals surface area contributed by atoms with Gasteiger partial charge in [0, 0.05) is 0 Å². The fourth-order valence-electron chi connectivity index (χ4n) is 0.602. The quantitative estimate of drug-likeness (QED) is 0.247. The van der Waals surface area contributed by atoms with E-state index in [1.165, 1.54) is 0 Å². The van der Waals surface area contributed by atoms with Gasteiger partial charge in [0.25, 0.3) is 0 Å². The van der Waals surface area contributed by atoms with Gasteiger partial charge < -0.3 is 21.8 Å². The molecule has 7 N–H and O–H groups in total. The SMILES string of the molecule is NC(N)CC[C@H](NO)C(=O)O. The lowest BCUT2D eigenvalue weighted by molar-refractivity contribution is -0.142. The van der Waals surface area contributed by atoms with Gasteiger partial charge in [0.1, 0.15) is 6.04 Å². The molecule has 0 unspecified atom stereocenters. The normalized spacial score (nSPS) is 13.5. The molecule has 0 saturated carbocycles. The summed E-state index contributed by atoms with van der Waals surface area (Å²) in [5, 5.41) is 16.7. The van der Waals surface area contributed by atoms with E-state index in [0.29, 0.717) is 6.42 Å². The molecule has 0 aliphatic rings. The second-order valence-electron chi connectivity index (χ2n) is 2.26. The molecule has 0 saturated heterocycles. The van der Waals surface area contributed by atoms with E-state index in [1.807, 2.05) is 0 Å². The summed E-state index contributed by atoms with van der Waals surface area (Å²) >= 11 is 0. The number of hydrogen-bond acceptors (Lipinski definition) is 5. The molecule has 0 heterocycles. The van der Waals surface area contributed by atoms with Crippen LogP contribution in [-0.4, -0.2) is 28.5 Å². The summed E-state index contributed by atoms with van der Waals surface area (Å²) in [5.74, 6) is -1.12. The molecule has 0 aliphatic heterocycles. The van der Waals surface area contributed by atoms with Gasteiger partial charge in [-0.2, -0.15) is 5.48 Å². The molecule has 0 aliphatic carbocycles. The van der Waals surface area contributed by atoms with E-state index in [-0.39, 0.29) is 6.42 Å². The minimum atomic E-state index is -1.12. The Bertz CT molecular complexity index is 128. The number of carboxylic acids is 1. The third kappa shape index (κ3) is 4.68. The van der Waals surface area contributed by atoms with E-state index in [0.717, 1.165) is 0 Å². The van der Waals surface area contributed by atoms with Crippen LogP contribution in [0.3, 0.4) is 0 Å². The summed E-state index contributed by atoms with van der Waals surface area (Å²) in [4.78, 5) is 10.2. The van der Waals surface area contributed by atoms with Gasteiger partial charge in [-0.1, -0.05) is 0 Å².